The Kier molecular flexibility index (Phi) is 3.33. The molecule has 2 nitrogen and oxygen atoms in total. The average Bonchev–Trinajstić information content (AvgIpc) is 2.44. The van der Waals surface area contributed by atoms with Gasteiger partial charge < -0.3 is 4.74 Å². The number of carbonyl (C=O) groups is 1. The molecule has 1 aliphatic carbocycles. The zero-order chi connectivity index (χ0) is 14.1. The first kappa shape index (κ1) is 12.9. The predicted octanol–water partition coefficient (Wildman–Crippen LogP) is 4.56. The van der Waals surface area contributed by atoms with Crippen LogP contribution in [0, 0.1) is 0 Å². The molecule has 0 radical (unpaired) electrons. The molecular formula is C17H13ClO2. The molecule has 2 aromatic rings. The summed E-state index contributed by atoms with van der Waals surface area (Å²) in [6, 6.07) is 12.0. The first-order chi connectivity index (χ1) is 9.69. The fourth-order valence-corrected chi connectivity index (χ4v) is 2.56. The van der Waals surface area contributed by atoms with E-state index in [4.69, 9.17) is 16.3 Å². The Balaban J connectivity index is 1.87. The summed E-state index contributed by atoms with van der Waals surface area (Å²) in [5, 5.41) is 0.738. The molecule has 0 N–H and O–H groups in total. The lowest BCUT2D eigenvalue weighted by molar-refractivity contribution is -0.137. The Morgan fingerprint density at radius 2 is 1.80 bits per heavy atom. The Hall–Kier alpha value is -2.06. The maximum atomic E-state index is 11.3. The highest BCUT2D eigenvalue weighted by molar-refractivity contribution is 6.31. The van der Waals surface area contributed by atoms with Crippen molar-refractivity contribution in [3.8, 4) is 22.3 Å². The van der Waals surface area contributed by atoms with Crippen molar-refractivity contribution in [1.82, 2.24) is 0 Å². The monoisotopic (exact) mass is 284 g/mol. The highest BCUT2D eigenvalue weighted by Crippen LogP contribution is 2.48. The van der Waals surface area contributed by atoms with E-state index in [2.05, 4.69) is 12.1 Å². The Morgan fingerprint density at radius 1 is 1.10 bits per heavy atom. The second-order valence-corrected chi connectivity index (χ2v) is 5.02. The fourth-order valence-electron chi connectivity index (χ4n) is 2.39. The first-order valence-electron chi connectivity index (χ1n) is 6.48. The van der Waals surface area contributed by atoms with E-state index >= 15 is 0 Å². The van der Waals surface area contributed by atoms with E-state index in [1.54, 1.807) is 13.0 Å². The number of carbonyl (C=O) groups excluding carboxylic acids is 1. The largest absolute Gasteiger partial charge is 0.463 e. The molecule has 0 aliphatic heterocycles. The summed E-state index contributed by atoms with van der Waals surface area (Å²) < 4.78 is 4.86. The molecule has 0 heterocycles. The normalized spacial score (nSPS) is 11.7. The van der Waals surface area contributed by atoms with Crippen LogP contribution in [-0.4, -0.2) is 12.6 Å². The SMILES string of the molecule is CCOC(=O)C=Cc1ccc2c(c1)-c1cc(Cl)ccc1-2. The number of rotatable bonds is 3. The highest BCUT2D eigenvalue weighted by Gasteiger charge is 2.22. The lowest BCUT2D eigenvalue weighted by Gasteiger charge is -2.24. The molecule has 0 spiro atoms. The van der Waals surface area contributed by atoms with Crippen molar-refractivity contribution in [1.29, 1.82) is 0 Å². The van der Waals surface area contributed by atoms with Gasteiger partial charge in [0.15, 0.2) is 0 Å². The Morgan fingerprint density at radius 3 is 2.55 bits per heavy atom. The van der Waals surface area contributed by atoms with Gasteiger partial charge in [-0.25, -0.2) is 4.79 Å². The zero-order valence-electron chi connectivity index (χ0n) is 11.0. The topological polar surface area (TPSA) is 26.3 Å². The summed E-state index contributed by atoms with van der Waals surface area (Å²) in [5.74, 6) is -0.321. The third-order valence-corrected chi connectivity index (χ3v) is 3.54. The van der Waals surface area contributed by atoms with Crippen molar-refractivity contribution in [2.24, 2.45) is 0 Å². The summed E-state index contributed by atoms with van der Waals surface area (Å²) in [7, 11) is 0. The van der Waals surface area contributed by atoms with Crippen LogP contribution in [0.3, 0.4) is 0 Å². The van der Waals surface area contributed by atoms with Crippen molar-refractivity contribution < 1.29 is 9.53 Å². The summed E-state index contributed by atoms with van der Waals surface area (Å²) in [6.45, 7) is 2.18. The molecule has 2 aromatic carbocycles. The van der Waals surface area contributed by atoms with Gasteiger partial charge in [-0.05, 0) is 59.0 Å². The van der Waals surface area contributed by atoms with E-state index in [0.29, 0.717) is 6.61 Å². The molecule has 3 heteroatoms. The van der Waals surface area contributed by atoms with E-state index in [1.165, 1.54) is 28.3 Å². The van der Waals surface area contributed by atoms with Gasteiger partial charge in [-0.15, -0.1) is 0 Å². The second kappa shape index (κ2) is 5.14. The quantitative estimate of drug-likeness (QED) is 0.520. The van der Waals surface area contributed by atoms with Gasteiger partial charge in [-0.3, -0.25) is 0 Å². The predicted molar refractivity (Wildman–Crippen MR) is 81.5 cm³/mol. The molecule has 0 amide bonds. The van der Waals surface area contributed by atoms with E-state index in [9.17, 15) is 4.79 Å². The average molecular weight is 285 g/mol. The number of fused-ring (bicyclic) bond motifs is 4. The lowest BCUT2D eigenvalue weighted by atomic mass is 9.80. The maximum Gasteiger partial charge on any atom is 0.330 e. The molecule has 20 heavy (non-hydrogen) atoms. The van der Waals surface area contributed by atoms with Crippen LogP contribution in [0.4, 0.5) is 0 Å². The first-order valence-corrected chi connectivity index (χ1v) is 6.86. The van der Waals surface area contributed by atoms with E-state index < -0.39 is 0 Å². The van der Waals surface area contributed by atoms with E-state index in [-0.39, 0.29) is 5.97 Å². The van der Waals surface area contributed by atoms with Crippen molar-refractivity contribution in [3.63, 3.8) is 0 Å². The van der Waals surface area contributed by atoms with Crippen molar-refractivity contribution >= 4 is 23.6 Å². The summed E-state index contributed by atoms with van der Waals surface area (Å²) in [4.78, 5) is 11.3. The van der Waals surface area contributed by atoms with Crippen LogP contribution >= 0.6 is 11.6 Å². The molecule has 3 rings (SSSR count). The maximum absolute atomic E-state index is 11.3. The number of hydrogen-bond acceptors (Lipinski definition) is 2. The number of benzene rings is 2. The molecule has 1 aliphatic rings. The highest BCUT2D eigenvalue weighted by atomic mass is 35.5. The van der Waals surface area contributed by atoms with Crippen LogP contribution in [0.15, 0.2) is 42.5 Å². The summed E-state index contributed by atoms with van der Waals surface area (Å²) in [5.41, 5.74) is 5.77. The van der Waals surface area contributed by atoms with Crippen LogP contribution in [0.5, 0.6) is 0 Å². The Labute approximate surface area is 122 Å². The van der Waals surface area contributed by atoms with Crippen molar-refractivity contribution in [3.05, 3.63) is 53.1 Å². The molecule has 0 bridgehead atoms. The molecule has 100 valence electrons. The minimum Gasteiger partial charge on any atom is -0.463 e. The van der Waals surface area contributed by atoms with Crippen molar-refractivity contribution in [2.45, 2.75) is 6.92 Å². The van der Waals surface area contributed by atoms with E-state index in [1.807, 2.05) is 24.3 Å². The fraction of sp³-hybridized carbons (Fsp3) is 0.118. The Bertz CT molecular complexity index is 717. The second-order valence-electron chi connectivity index (χ2n) is 4.58. The molecule has 0 saturated carbocycles. The lowest BCUT2D eigenvalue weighted by Crippen LogP contribution is -2.00. The molecule has 0 aromatic heterocycles. The molecule has 0 atom stereocenters. The van der Waals surface area contributed by atoms with E-state index in [0.717, 1.165) is 10.6 Å². The van der Waals surface area contributed by atoms with Crippen LogP contribution in [0.1, 0.15) is 12.5 Å². The molecular weight excluding hydrogens is 272 g/mol. The van der Waals surface area contributed by atoms with Crippen LogP contribution in [0.25, 0.3) is 28.3 Å². The van der Waals surface area contributed by atoms with Gasteiger partial charge >= 0.3 is 5.97 Å². The van der Waals surface area contributed by atoms with Gasteiger partial charge in [0.05, 0.1) is 6.61 Å². The zero-order valence-corrected chi connectivity index (χ0v) is 11.8. The third kappa shape index (κ3) is 2.23. The number of halogens is 1. The molecule has 0 unspecified atom stereocenters. The smallest absolute Gasteiger partial charge is 0.330 e. The van der Waals surface area contributed by atoms with Gasteiger partial charge in [0.25, 0.3) is 0 Å². The minimum atomic E-state index is -0.321. The number of ether oxygens (including phenoxy) is 1. The number of esters is 1. The summed E-state index contributed by atoms with van der Waals surface area (Å²) >= 11 is 6.02. The van der Waals surface area contributed by atoms with Crippen molar-refractivity contribution in [2.75, 3.05) is 6.61 Å². The minimum absolute atomic E-state index is 0.321. The van der Waals surface area contributed by atoms with Gasteiger partial charge in [0.2, 0.25) is 0 Å². The summed E-state index contributed by atoms with van der Waals surface area (Å²) in [6.07, 6.45) is 3.21. The molecule has 0 saturated heterocycles. The van der Waals surface area contributed by atoms with Gasteiger partial charge in [-0.2, -0.15) is 0 Å². The van der Waals surface area contributed by atoms with Crippen LogP contribution in [0.2, 0.25) is 5.02 Å². The standard InChI is InChI=1S/C17H13ClO2/c1-2-20-17(19)8-4-11-3-6-13-14-7-5-12(18)10-16(14)15(13)9-11/h3-10H,2H2,1H3. The van der Waals surface area contributed by atoms with Gasteiger partial charge in [-0.1, -0.05) is 29.8 Å². The van der Waals surface area contributed by atoms with Gasteiger partial charge in [0.1, 0.15) is 0 Å². The number of hydrogen-bond donors (Lipinski definition) is 0. The van der Waals surface area contributed by atoms with Crippen LogP contribution in [-0.2, 0) is 9.53 Å². The third-order valence-electron chi connectivity index (χ3n) is 3.30. The molecule has 0 fully saturated rings. The van der Waals surface area contributed by atoms with Crippen LogP contribution < -0.4 is 0 Å². The van der Waals surface area contributed by atoms with Gasteiger partial charge in [0, 0.05) is 11.1 Å².